The predicted octanol–water partition coefficient (Wildman–Crippen LogP) is 1.80. The molecule has 1 aromatic carbocycles. The second-order valence-electron chi connectivity index (χ2n) is 5.67. The lowest BCUT2D eigenvalue weighted by Gasteiger charge is -2.26. The first kappa shape index (κ1) is 14.2. The van der Waals surface area contributed by atoms with Crippen LogP contribution in [-0.2, 0) is 14.3 Å². The summed E-state index contributed by atoms with van der Waals surface area (Å²) in [7, 11) is 0. The number of ether oxygens (including phenoxy) is 1. The Labute approximate surface area is 136 Å². The molecule has 2 amide bonds. The van der Waals surface area contributed by atoms with Gasteiger partial charge in [0.1, 0.15) is 5.60 Å². The quantitative estimate of drug-likeness (QED) is 0.659. The Kier molecular flexibility index (Phi) is 2.94. The summed E-state index contributed by atoms with van der Waals surface area (Å²) in [5, 5.41) is 10.3. The second kappa shape index (κ2) is 4.55. The number of aliphatic hydroxyl groups is 1. The summed E-state index contributed by atoms with van der Waals surface area (Å²) in [6, 6.07) is 4.62. The molecule has 1 N–H and O–H groups in total. The first-order valence-electron chi connectivity index (χ1n) is 6.79. The molecule has 3 aliphatic heterocycles. The van der Waals surface area contributed by atoms with Crippen LogP contribution in [0.25, 0.3) is 0 Å². The summed E-state index contributed by atoms with van der Waals surface area (Å²) in [5.74, 6) is -2.14. The fourth-order valence-electron chi connectivity index (χ4n) is 3.58. The number of rotatable bonds is 2. The van der Waals surface area contributed by atoms with Crippen molar-refractivity contribution in [1.82, 2.24) is 0 Å². The van der Waals surface area contributed by atoms with Crippen molar-refractivity contribution in [2.24, 2.45) is 11.8 Å². The van der Waals surface area contributed by atoms with Gasteiger partial charge >= 0.3 is 0 Å². The molecule has 2 fully saturated rings. The number of carbonyl (C=O) groups excluding carboxylic acids is 2. The standard InChI is InChI=1S/C15H11Cl2NO4/c16-7-1-2-8(17)9(5-7)18-13(20)11-10-3-4-15(6-19,22-10)12(11)14(18)21/h1-5,10-12,19H,6H2/t10-,11+,12+,15+/m1/s1. The van der Waals surface area contributed by atoms with Crippen molar-refractivity contribution in [3.63, 3.8) is 0 Å². The SMILES string of the molecule is O=C1[C@@H]2[C@@H](C(=O)N1c1cc(Cl)ccc1Cl)[C@@]1(CO)C=C[C@H]2O1. The Morgan fingerprint density at radius 3 is 2.77 bits per heavy atom. The smallest absolute Gasteiger partial charge is 0.241 e. The zero-order valence-electron chi connectivity index (χ0n) is 11.2. The molecule has 0 aromatic heterocycles. The number of carbonyl (C=O) groups is 2. The molecule has 114 valence electrons. The molecular formula is C15H11Cl2NO4. The second-order valence-corrected chi connectivity index (χ2v) is 6.51. The van der Waals surface area contributed by atoms with Crippen LogP contribution in [0.15, 0.2) is 30.4 Å². The Balaban J connectivity index is 1.81. The molecule has 0 spiro atoms. The molecule has 0 unspecified atom stereocenters. The van der Waals surface area contributed by atoms with E-state index in [2.05, 4.69) is 0 Å². The molecule has 3 heterocycles. The molecule has 2 bridgehead atoms. The van der Waals surface area contributed by atoms with Gasteiger partial charge in [0, 0.05) is 5.02 Å². The third kappa shape index (κ3) is 1.62. The fourth-order valence-corrected chi connectivity index (χ4v) is 3.95. The topological polar surface area (TPSA) is 66.8 Å². The number of fused-ring (bicyclic) bond motifs is 5. The molecule has 1 aromatic rings. The van der Waals surface area contributed by atoms with E-state index in [0.717, 1.165) is 4.90 Å². The molecule has 5 nitrogen and oxygen atoms in total. The maximum absolute atomic E-state index is 12.8. The number of hydrogen-bond acceptors (Lipinski definition) is 4. The summed E-state index contributed by atoms with van der Waals surface area (Å²) in [5.41, 5.74) is -0.840. The van der Waals surface area contributed by atoms with Crippen LogP contribution < -0.4 is 4.90 Å². The van der Waals surface area contributed by atoms with Gasteiger partial charge in [0.15, 0.2) is 0 Å². The average molecular weight is 340 g/mol. The minimum Gasteiger partial charge on any atom is -0.393 e. The molecule has 7 heteroatoms. The number of halogens is 2. The summed E-state index contributed by atoms with van der Waals surface area (Å²) in [6.07, 6.45) is 2.91. The zero-order valence-corrected chi connectivity index (χ0v) is 12.7. The van der Waals surface area contributed by atoms with Gasteiger partial charge in [0.25, 0.3) is 0 Å². The van der Waals surface area contributed by atoms with Crippen molar-refractivity contribution in [2.75, 3.05) is 11.5 Å². The number of hydrogen-bond donors (Lipinski definition) is 1. The van der Waals surface area contributed by atoms with E-state index in [9.17, 15) is 14.7 Å². The molecule has 0 aliphatic carbocycles. The van der Waals surface area contributed by atoms with Crippen LogP contribution in [0.5, 0.6) is 0 Å². The minimum absolute atomic E-state index is 0.269. The van der Waals surface area contributed by atoms with Gasteiger partial charge in [-0.3, -0.25) is 9.59 Å². The van der Waals surface area contributed by atoms with E-state index in [0.29, 0.717) is 5.02 Å². The maximum atomic E-state index is 12.8. The lowest BCUT2D eigenvalue weighted by Crippen LogP contribution is -2.43. The Bertz CT molecular complexity index is 734. The van der Waals surface area contributed by atoms with Crippen LogP contribution >= 0.6 is 23.2 Å². The normalized spacial score (nSPS) is 35.6. The van der Waals surface area contributed by atoms with Crippen molar-refractivity contribution in [3.05, 3.63) is 40.4 Å². The van der Waals surface area contributed by atoms with Crippen molar-refractivity contribution < 1.29 is 19.4 Å². The van der Waals surface area contributed by atoms with Crippen LogP contribution in [0, 0.1) is 11.8 Å². The van der Waals surface area contributed by atoms with Crippen molar-refractivity contribution in [2.45, 2.75) is 11.7 Å². The van der Waals surface area contributed by atoms with Gasteiger partial charge < -0.3 is 9.84 Å². The third-order valence-electron chi connectivity index (χ3n) is 4.55. The highest BCUT2D eigenvalue weighted by atomic mass is 35.5. The first-order chi connectivity index (χ1) is 10.5. The predicted molar refractivity (Wildman–Crippen MR) is 79.8 cm³/mol. The van der Waals surface area contributed by atoms with Crippen LogP contribution in [-0.4, -0.2) is 35.2 Å². The fraction of sp³-hybridized carbons (Fsp3) is 0.333. The number of amides is 2. The summed E-state index contributed by atoms with van der Waals surface area (Å²) in [4.78, 5) is 26.6. The van der Waals surface area contributed by atoms with E-state index in [1.807, 2.05) is 0 Å². The number of aliphatic hydroxyl groups excluding tert-OH is 1. The van der Waals surface area contributed by atoms with Gasteiger partial charge in [-0.05, 0) is 18.2 Å². The van der Waals surface area contributed by atoms with Crippen LogP contribution in [0.1, 0.15) is 0 Å². The number of imide groups is 1. The number of anilines is 1. The molecule has 22 heavy (non-hydrogen) atoms. The summed E-state index contributed by atoms with van der Waals surface area (Å²) < 4.78 is 5.67. The van der Waals surface area contributed by atoms with Gasteiger partial charge in [-0.15, -0.1) is 0 Å². The van der Waals surface area contributed by atoms with Gasteiger partial charge in [0.05, 0.1) is 35.3 Å². The largest absolute Gasteiger partial charge is 0.393 e. The Hall–Kier alpha value is -1.40. The van der Waals surface area contributed by atoms with Crippen LogP contribution in [0.2, 0.25) is 10.0 Å². The highest BCUT2D eigenvalue weighted by Crippen LogP contribution is 2.52. The first-order valence-corrected chi connectivity index (χ1v) is 7.55. The third-order valence-corrected chi connectivity index (χ3v) is 5.11. The van der Waals surface area contributed by atoms with Crippen molar-refractivity contribution in [1.29, 1.82) is 0 Å². The van der Waals surface area contributed by atoms with Gasteiger partial charge in [0.2, 0.25) is 11.8 Å². The molecule has 3 aliphatic rings. The maximum Gasteiger partial charge on any atom is 0.241 e. The van der Waals surface area contributed by atoms with Gasteiger partial charge in [-0.1, -0.05) is 35.4 Å². The Morgan fingerprint density at radius 1 is 1.27 bits per heavy atom. The number of nitrogens with zero attached hydrogens (tertiary/aromatic N) is 1. The average Bonchev–Trinajstić information content (AvgIpc) is 3.14. The van der Waals surface area contributed by atoms with Gasteiger partial charge in [-0.2, -0.15) is 0 Å². The lowest BCUT2D eigenvalue weighted by molar-refractivity contribution is -0.128. The van der Waals surface area contributed by atoms with E-state index >= 15 is 0 Å². The van der Waals surface area contributed by atoms with E-state index < -0.39 is 29.4 Å². The van der Waals surface area contributed by atoms with E-state index in [4.69, 9.17) is 27.9 Å². The highest BCUT2D eigenvalue weighted by molar-refractivity contribution is 6.37. The van der Waals surface area contributed by atoms with Crippen LogP contribution in [0.4, 0.5) is 5.69 Å². The van der Waals surface area contributed by atoms with Crippen molar-refractivity contribution in [3.8, 4) is 0 Å². The van der Waals surface area contributed by atoms with Crippen molar-refractivity contribution >= 4 is 40.7 Å². The summed E-state index contributed by atoms with van der Waals surface area (Å²) >= 11 is 12.1. The molecule has 2 saturated heterocycles. The summed E-state index contributed by atoms with van der Waals surface area (Å²) in [6.45, 7) is -0.350. The molecule has 0 radical (unpaired) electrons. The zero-order chi connectivity index (χ0) is 15.6. The molecule has 4 rings (SSSR count). The van der Waals surface area contributed by atoms with E-state index in [1.165, 1.54) is 6.07 Å². The Morgan fingerprint density at radius 2 is 2.05 bits per heavy atom. The molecule has 4 atom stereocenters. The van der Waals surface area contributed by atoms with Gasteiger partial charge in [-0.25, -0.2) is 4.90 Å². The minimum atomic E-state index is -1.11. The lowest BCUT2D eigenvalue weighted by atomic mass is 9.77. The molecular weight excluding hydrogens is 329 g/mol. The van der Waals surface area contributed by atoms with E-state index in [1.54, 1.807) is 24.3 Å². The molecule has 0 saturated carbocycles. The van der Waals surface area contributed by atoms with E-state index in [-0.39, 0.29) is 23.2 Å². The highest BCUT2D eigenvalue weighted by Gasteiger charge is 2.67. The van der Waals surface area contributed by atoms with Crippen LogP contribution in [0.3, 0.4) is 0 Å². The number of benzene rings is 1. The monoisotopic (exact) mass is 339 g/mol.